The van der Waals surface area contributed by atoms with Crippen LogP contribution in [-0.4, -0.2) is 22.6 Å². The molecular weight excluding hydrogens is 246 g/mol. The minimum Gasteiger partial charge on any atom is -0.335 e. The number of hydrogen-bond donors (Lipinski definition) is 1. The van der Waals surface area contributed by atoms with Crippen molar-refractivity contribution < 1.29 is 0 Å². The van der Waals surface area contributed by atoms with Gasteiger partial charge in [0.25, 0.3) is 0 Å². The molecule has 0 fully saturated rings. The van der Waals surface area contributed by atoms with Gasteiger partial charge in [-0.15, -0.1) is 0 Å². The van der Waals surface area contributed by atoms with Crippen LogP contribution in [0.4, 0.5) is 0 Å². The Morgan fingerprint density at radius 1 is 1.10 bits per heavy atom. The smallest absolute Gasteiger partial charge is 0.110 e. The summed E-state index contributed by atoms with van der Waals surface area (Å²) in [6.07, 6.45) is 16.0. The van der Waals surface area contributed by atoms with Crippen molar-refractivity contribution in [3.05, 3.63) is 18.2 Å². The van der Waals surface area contributed by atoms with Crippen molar-refractivity contribution >= 4 is 0 Å². The van der Waals surface area contributed by atoms with Gasteiger partial charge >= 0.3 is 0 Å². The quantitative estimate of drug-likeness (QED) is 0.582. The number of unbranched alkanes of at least 4 members (excludes halogenated alkanes) is 6. The Morgan fingerprint density at radius 3 is 2.45 bits per heavy atom. The molecule has 0 radical (unpaired) electrons. The lowest BCUT2D eigenvalue weighted by Gasteiger charge is -2.16. The van der Waals surface area contributed by atoms with E-state index in [-0.39, 0.29) is 0 Å². The van der Waals surface area contributed by atoms with Gasteiger partial charge in [0.15, 0.2) is 0 Å². The van der Waals surface area contributed by atoms with Crippen LogP contribution in [0.2, 0.25) is 0 Å². The normalized spacial score (nSPS) is 12.8. The maximum absolute atomic E-state index is 4.48. The highest BCUT2D eigenvalue weighted by Crippen LogP contribution is 2.12. The molecule has 0 aliphatic rings. The number of aryl methyl sites for hydroxylation is 1. The molecule has 0 saturated heterocycles. The molecule has 1 unspecified atom stereocenters. The molecule has 20 heavy (non-hydrogen) atoms. The van der Waals surface area contributed by atoms with E-state index in [0.29, 0.717) is 6.04 Å². The van der Waals surface area contributed by atoms with Crippen LogP contribution >= 0.6 is 0 Å². The Bertz CT molecular complexity index is 333. The molecule has 1 aromatic rings. The lowest BCUT2D eigenvalue weighted by atomic mass is 10.0. The van der Waals surface area contributed by atoms with Gasteiger partial charge in [-0.2, -0.15) is 0 Å². The third-order valence-electron chi connectivity index (χ3n) is 4.14. The topological polar surface area (TPSA) is 29.9 Å². The summed E-state index contributed by atoms with van der Waals surface area (Å²) < 4.78 is 2.25. The van der Waals surface area contributed by atoms with E-state index in [9.17, 15) is 0 Å². The van der Waals surface area contributed by atoms with Gasteiger partial charge in [0.2, 0.25) is 0 Å². The number of aromatic nitrogens is 2. The summed E-state index contributed by atoms with van der Waals surface area (Å²) in [4.78, 5) is 4.48. The first kappa shape index (κ1) is 17.2. The molecular formula is C17H33N3. The van der Waals surface area contributed by atoms with Gasteiger partial charge in [-0.1, -0.05) is 51.9 Å². The fourth-order valence-electron chi connectivity index (χ4n) is 2.73. The summed E-state index contributed by atoms with van der Waals surface area (Å²) in [5.74, 6) is 1.22. The van der Waals surface area contributed by atoms with Gasteiger partial charge in [0.1, 0.15) is 5.82 Å². The van der Waals surface area contributed by atoms with E-state index in [0.717, 1.165) is 13.0 Å². The molecule has 1 heterocycles. The molecule has 0 bridgehead atoms. The molecule has 1 N–H and O–H groups in total. The third kappa shape index (κ3) is 6.56. The molecule has 0 amide bonds. The van der Waals surface area contributed by atoms with Crippen LogP contribution in [0.15, 0.2) is 12.4 Å². The maximum atomic E-state index is 4.48. The van der Waals surface area contributed by atoms with Crippen LogP contribution in [0.25, 0.3) is 0 Å². The van der Waals surface area contributed by atoms with Crippen LogP contribution in [0.3, 0.4) is 0 Å². The summed E-state index contributed by atoms with van der Waals surface area (Å²) in [7, 11) is 2.07. The summed E-state index contributed by atoms with van der Waals surface area (Å²) in [6, 6.07) is 0.568. The van der Waals surface area contributed by atoms with E-state index in [1.54, 1.807) is 0 Å². The highest BCUT2D eigenvalue weighted by Gasteiger charge is 2.10. The second-order valence-electron chi connectivity index (χ2n) is 5.73. The minimum absolute atomic E-state index is 0.568. The molecule has 0 aliphatic heterocycles. The second-order valence-corrected chi connectivity index (χ2v) is 5.73. The van der Waals surface area contributed by atoms with Crippen LogP contribution in [0, 0.1) is 0 Å². The van der Waals surface area contributed by atoms with Crippen molar-refractivity contribution in [2.75, 3.05) is 7.05 Å². The van der Waals surface area contributed by atoms with Gasteiger partial charge in [-0.3, -0.25) is 0 Å². The summed E-state index contributed by atoms with van der Waals surface area (Å²) in [6.45, 7) is 5.47. The fourth-order valence-corrected chi connectivity index (χ4v) is 2.73. The number of imidazole rings is 1. The second kappa shape index (κ2) is 10.9. The molecule has 3 heteroatoms. The number of nitrogens with one attached hydrogen (secondary N) is 1. The van der Waals surface area contributed by atoms with Gasteiger partial charge in [-0.25, -0.2) is 4.98 Å². The number of rotatable bonds is 12. The average molecular weight is 279 g/mol. The van der Waals surface area contributed by atoms with E-state index in [1.165, 1.54) is 57.2 Å². The fraction of sp³-hybridized carbons (Fsp3) is 0.824. The lowest BCUT2D eigenvalue weighted by molar-refractivity contribution is 0.464. The molecule has 1 aromatic heterocycles. The van der Waals surface area contributed by atoms with Crippen molar-refractivity contribution in [2.24, 2.45) is 0 Å². The molecule has 116 valence electrons. The van der Waals surface area contributed by atoms with E-state index in [2.05, 4.69) is 42.0 Å². The lowest BCUT2D eigenvalue weighted by Crippen LogP contribution is -2.28. The highest BCUT2D eigenvalue weighted by molar-refractivity contribution is 4.95. The van der Waals surface area contributed by atoms with E-state index >= 15 is 0 Å². The molecule has 3 nitrogen and oxygen atoms in total. The first-order chi connectivity index (χ1) is 9.81. The number of hydrogen-bond acceptors (Lipinski definition) is 2. The molecule has 1 atom stereocenters. The van der Waals surface area contributed by atoms with Gasteiger partial charge in [0, 0.05) is 31.4 Å². The Labute approximate surface area is 125 Å². The van der Waals surface area contributed by atoms with Crippen molar-refractivity contribution in [3.63, 3.8) is 0 Å². The molecule has 0 aromatic carbocycles. The molecule has 0 spiro atoms. The summed E-state index contributed by atoms with van der Waals surface area (Å²) in [5, 5.41) is 3.45. The Hall–Kier alpha value is -0.830. The highest BCUT2D eigenvalue weighted by atomic mass is 15.1. The zero-order valence-corrected chi connectivity index (χ0v) is 13.7. The Morgan fingerprint density at radius 2 is 1.80 bits per heavy atom. The molecule has 0 aliphatic carbocycles. The number of likely N-dealkylation sites (N-methyl/N-ethyl adjacent to an activating group) is 1. The first-order valence-corrected chi connectivity index (χ1v) is 8.49. The van der Waals surface area contributed by atoms with Crippen LogP contribution in [0.5, 0.6) is 0 Å². The van der Waals surface area contributed by atoms with Crippen LogP contribution < -0.4 is 5.32 Å². The zero-order chi connectivity index (χ0) is 14.6. The summed E-state index contributed by atoms with van der Waals surface area (Å²) >= 11 is 0. The SMILES string of the molecule is CCCCCCCCCC(Cc1nccn1CC)NC. The van der Waals surface area contributed by atoms with Gasteiger partial charge < -0.3 is 9.88 Å². The van der Waals surface area contributed by atoms with Crippen molar-refractivity contribution in [1.29, 1.82) is 0 Å². The maximum Gasteiger partial charge on any atom is 0.110 e. The average Bonchev–Trinajstić information content (AvgIpc) is 2.92. The molecule has 0 saturated carbocycles. The van der Waals surface area contributed by atoms with E-state index in [4.69, 9.17) is 0 Å². The standard InChI is InChI=1S/C17H33N3/c1-4-6-7-8-9-10-11-12-16(18-3)15-17-19-13-14-20(17)5-2/h13-14,16,18H,4-12,15H2,1-3H3. The van der Waals surface area contributed by atoms with Gasteiger partial charge in [0.05, 0.1) is 0 Å². The zero-order valence-electron chi connectivity index (χ0n) is 13.7. The predicted octanol–water partition coefficient (Wildman–Crippen LogP) is 4.17. The number of nitrogens with zero attached hydrogens (tertiary/aromatic N) is 2. The largest absolute Gasteiger partial charge is 0.335 e. The Kier molecular flexibility index (Phi) is 9.38. The Balaban J connectivity index is 2.16. The van der Waals surface area contributed by atoms with Crippen molar-refractivity contribution in [3.8, 4) is 0 Å². The van der Waals surface area contributed by atoms with Crippen molar-refractivity contribution in [1.82, 2.24) is 14.9 Å². The van der Waals surface area contributed by atoms with Gasteiger partial charge in [-0.05, 0) is 20.4 Å². The first-order valence-electron chi connectivity index (χ1n) is 8.49. The summed E-state index contributed by atoms with van der Waals surface area (Å²) in [5.41, 5.74) is 0. The monoisotopic (exact) mass is 279 g/mol. The van der Waals surface area contributed by atoms with Crippen molar-refractivity contribution in [2.45, 2.75) is 84.2 Å². The molecule has 1 rings (SSSR count). The minimum atomic E-state index is 0.568. The van der Waals surface area contributed by atoms with E-state index in [1.807, 2.05) is 6.20 Å². The van der Waals surface area contributed by atoms with Crippen LogP contribution in [0.1, 0.15) is 71.0 Å². The third-order valence-corrected chi connectivity index (χ3v) is 4.14. The predicted molar refractivity (Wildman–Crippen MR) is 87.1 cm³/mol. The van der Waals surface area contributed by atoms with Crippen LogP contribution in [-0.2, 0) is 13.0 Å². The van der Waals surface area contributed by atoms with E-state index < -0.39 is 0 Å².